The molecule has 1 N–H and O–H groups in total. The molecule has 0 atom stereocenters. The Balaban J connectivity index is 1.69. The zero-order valence-electron chi connectivity index (χ0n) is 13.8. The lowest BCUT2D eigenvalue weighted by Crippen LogP contribution is -2.15. The number of halogens is 2. The predicted molar refractivity (Wildman–Crippen MR) is 110 cm³/mol. The Morgan fingerprint density at radius 1 is 1.19 bits per heavy atom. The van der Waals surface area contributed by atoms with Crippen LogP contribution in [0.3, 0.4) is 0 Å². The van der Waals surface area contributed by atoms with Gasteiger partial charge in [-0.05, 0) is 53.2 Å². The summed E-state index contributed by atoms with van der Waals surface area (Å²) >= 11 is 8.19. The van der Waals surface area contributed by atoms with E-state index >= 15 is 0 Å². The number of hydrogen-bond donors (Lipinski definition) is 1. The summed E-state index contributed by atoms with van der Waals surface area (Å²) < 4.78 is 3.72. The van der Waals surface area contributed by atoms with E-state index in [9.17, 15) is 4.79 Å². The van der Waals surface area contributed by atoms with Gasteiger partial charge in [-0.25, -0.2) is 0 Å². The van der Waals surface area contributed by atoms with Crippen LogP contribution >= 0.6 is 43.6 Å². The van der Waals surface area contributed by atoms with E-state index < -0.39 is 0 Å². The Labute approximate surface area is 172 Å². The molecule has 0 spiro atoms. The number of amides is 1. The van der Waals surface area contributed by atoms with Gasteiger partial charge in [0.15, 0.2) is 11.0 Å². The minimum Gasteiger partial charge on any atom is -0.324 e. The van der Waals surface area contributed by atoms with Crippen molar-refractivity contribution < 1.29 is 4.79 Å². The number of benzene rings is 1. The molecule has 3 rings (SSSR count). The van der Waals surface area contributed by atoms with Crippen molar-refractivity contribution in [1.82, 2.24) is 19.7 Å². The minimum atomic E-state index is -0.107. The molecule has 6 nitrogen and oxygen atoms in total. The van der Waals surface area contributed by atoms with Gasteiger partial charge in [-0.1, -0.05) is 27.7 Å². The highest BCUT2D eigenvalue weighted by atomic mass is 79.9. The van der Waals surface area contributed by atoms with E-state index in [4.69, 9.17) is 0 Å². The van der Waals surface area contributed by atoms with E-state index in [0.29, 0.717) is 11.7 Å². The lowest BCUT2D eigenvalue weighted by atomic mass is 10.2. The first-order valence-corrected chi connectivity index (χ1v) is 10.4. The van der Waals surface area contributed by atoms with Crippen molar-refractivity contribution in [2.24, 2.45) is 0 Å². The highest BCUT2D eigenvalue weighted by Crippen LogP contribution is 2.27. The molecule has 1 amide bonds. The molecule has 134 valence electrons. The highest BCUT2D eigenvalue weighted by Gasteiger charge is 2.15. The standard InChI is InChI=1S/C17H15Br2N5OS/c1-2-24-16(11-5-7-20-8-6-11)22-23-17(24)26-10-15(25)21-14-9-12(18)3-4-13(14)19/h3-9H,2,10H2,1H3,(H,21,25). The maximum Gasteiger partial charge on any atom is 0.234 e. The predicted octanol–water partition coefficient (Wildman–Crippen LogP) is 4.62. The number of nitrogens with one attached hydrogen (secondary N) is 1. The van der Waals surface area contributed by atoms with E-state index in [1.807, 2.05) is 41.8 Å². The minimum absolute atomic E-state index is 0.107. The van der Waals surface area contributed by atoms with Crippen LogP contribution in [-0.2, 0) is 11.3 Å². The third kappa shape index (κ3) is 4.52. The molecule has 9 heteroatoms. The van der Waals surface area contributed by atoms with E-state index in [0.717, 1.165) is 26.0 Å². The second-order valence-corrected chi connectivity index (χ2v) is 7.96. The number of pyridine rings is 1. The molecule has 0 aliphatic heterocycles. The first kappa shape index (κ1) is 19.1. The van der Waals surface area contributed by atoms with Crippen LogP contribution in [0.15, 0.2) is 56.8 Å². The molecule has 26 heavy (non-hydrogen) atoms. The molecule has 1 aromatic carbocycles. The van der Waals surface area contributed by atoms with Crippen LogP contribution in [0.4, 0.5) is 5.69 Å². The number of thioether (sulfide) groups is 1. The Morgan fingerprint density at radius 3 is 2.69 bits per heavy atom. The summed E-state index contributed by atoms with van der Waals surface area (Å²) in [7, 11) is 0. The monoisotopic (exact) mass is 495 g/mol. The van der Waals surface area contributed by atoms with Crippen LogP contribution in [0.25, 0.3) is 11.4 Å². The van der Waals surface area contributed by atoms with E-state index in [1.54, 1.807) is 12.4 Å². The lowest BCUT2D eigenvalue weighted by molar-refractivity contribution is -0.113. The molecule has 3 aromatic rings. The number of anilines is 1. The summed E-state index contributed by atoms with van der Waals surface area (Å²) in [5.41, 5.74) is 1.67. The number of carbonyl (C=O) groups excluding carboxylic acids is 1. The van der Waals surface area contributed by atoms with Crippen LogP contribution in [-0.4, -0.2) is 31.4 Å². The number of rotatable bonds is 6. The van der Waals surface area contributed by atoms with Gasteiger partial charge >= 0.3 is 0 Å². The third-order valence-electron chi connectivity index (χ3n) is 3.51. The first-order chi connectivity index (χ1) is 12.6. The van der Waals surface area contributed by atoms with Gasteiger partial charge in [0.25, 0.3) is 0 Å². The van der Waals surface area contributed by atoms with Gasteiger partial charge in [0.05, 0.1) is 11.4 Å². The number of aromatic nitrogens is 4. The van der Waals surface area contributed by atoms with E-state index in [-0.39, 0.29) is 11.7 Å². The largest absolute Gasteiger partial charge is 0.324 e. The van der Waals surface area contributed by atoms with Crippen molar-refractivity contribution in [2.75, 3.05) is 11.1 Å². The molecule has 0 fully saturated rings. The fourth-order valence-corrected chi connectivity index (χ4v) is 3.81. The summed E-state index contributed by atoms with van der Waals surface area (Å²) in [6.07, 6.45) is 3.44. The van der Waals surface area contributed by atoms with Gasteiger partial charge in [-0.3, -0.25) is 9.78 Å². The smallest absolute Gasteiger partial charge is 0.234 e. The first-order valence-electron chi connectivity index (χ1n) is 7.79. The number of nitrogens with zero attached hydrogens (tertiary/aromatic N) is 4. The Kier molecular flexibility index (Phi) is 6.44. The molecule has 0 unspecified atom stereocenters. The van der Waals surface area contributed by atoms with Crippen molar-refractivity contribution in [3.05, 3.63) is 51.7 Å². The molecule has 0 bridgehead atoms. The summed E-state index contributed by atoms with van der Waals surface area (Å²) in [5, 5.41) is 12.1. The number of carbonyl (C=O) groups is 1. The molecular weight excluding hydrogens is 482 g/mol. The average Bonchev–Trinajstić information content (AvgIpc) is 3.06. The molecule has 2 heterocycles. The van der Waals surface area contributed by atoms with Gasteiger partial charge in [0.1, 0.15) is 0 Å². The van der Waals surface area contributed by atoms with Gasteiger partial charge in [0.2, 0.25) is 5.91 Å². The zero-order chi connectivity index (χ0) is 18.5. The van der Waals surface area contributed by atoms with Crippen LogP contribution in [0.5, 0.6) is 0 Å². The molecule has 2 aromatic heterocycles. The Hall–Kier alpha value is -1.71. The van der Waals surface area contributed by atoms with Gasteiger partial charge in [-0.2, -0.15) is 0 Å². The Morgan fingerprint density at radius 2 is 1.96 bits per heavy atom. The average molecular weight is 497 g/mol. The topological polar surface area (TPSA) is 72.7 Å². The SMILES string of the molecule is CCn1c(SCC(=O)Nc2cc(Br)ccc2Br)nnc1-c1ccncc1. The van der Waals surface area contributed by atoms with Gasteiger partial charge in [-0.15, -0.1) is 10.2 Å². The van der Waals surface area contributed by atoms with E-state index in [2.05, 4.69) is 52.4 Å². The van der Waals surface area contributed by atoms with Crippen LogP contribution in [0.2, 0.25) is 0 Å². The van der Waals surface area contributed by atoms with Gasteiger partial charge < -0.3 is 9.88 Å². The third-order valence-corrected chi connectivity index (χ3v) is 5.66. The van der Waals surface area contributed by atoms with Crippen molar-refractivity contribution in [1.29, 1.82) is 0 Å². The van der Waals surface area contributed by atoms with Crippen molar-refractivity contribution in [3.63, 3.8) is 0 Å². The summed E-state index contributed by atoms with van der Waals surface area (Å²) in [6.45, 7) is 2.74. The molecule has 0 radical (unpaired) electrons. The molecule has 0 saturated carbocycles. The fraction of sp³-hybridized carbons (Fsp3) is 0.176. The van der Waals surface area contributed by atoms with E-state index in [1.165, 1.54) is 11.8 Å². The summed E-state index contributed by atoms with van der Waals surface area (Å²) in [6, 6.07) is 9.41. The lowest BCUT2D eigenvalue weighted by Gasteiger charge is -2.09. The van der Waals surface area contributed by atoms with Crippen molar-refractivity contribution >= 4 is 55.2 Å². The second-order valence-electron chi connectivity index (χ2n) is 5.25. The van der Waals surface area contributed by atoms with Crippen LogP contribution < -0.4 is 5.32 Å². The second kappa shape index (κ2) is 8.79. The van der Waals surface area contributed by atoms with Gasteiger partial charge in [0, 0.05) is 33.4 Å². The normalized spacial score (nSPS) is 10.7. The maximum atomic E-state index is 12.3. The van der Waals surface area contributed by atoms with Crippen molar-refractivity contribution in [2.45, 2.75) is 18.6 Å². The maximum absolute atomic E-state index is 12.3. The summed E-state index contributed by atoms with van der Waals surface area (Å²) in [5.74, 6) is 0.908. The summed E-state index contributed by atoms with van der Waals surface area (Å²) in [4.78, 5) is 16.3. The quantitative estimate of drug-likeness (QED) is 0.504. The highest BCUT2D eigenvalue weighted by molar-refractivity contribution is 9.11. The fourth-order valence-electron chi connectivity index (χ4n) is 2.30. The molecule has 0 aliphatic carbocycles. The zero-order valence-corrected chi connectivity index (χ0v) is 17.8. The molecule has 0 aliphatic rings. The molecule has 0 saturated heterocycles. The van der Waals surface area contributed by atoms with Crippen molar-refractivity contribution in [3.8, 4) is 11.4 Å². The Bertz CT molecular complexity index is 917. The molecular formula is C17H15Br2N5OS. The number of hydrogen-bond acceptors (Lipinski definition) is 5. The van der Waals surface area contributed by atoms with Crippen LogP contribution in [0.1, 0.15) is 6.92 Å². The van der Waals surface area contributed by atoms with Crippen LogP contribution in [0, 0.1) is 0 Å².